The molecule has 0 fully saturated rings. The van der Waals surface area contributed by atoms with Crippen LogP contribution in [0, 0.1) is 22.7 Å². The first-order valence-corrected chi connectivity index (χ1v) is 10.8. The molecule has 0 aliphatic heterocycles. The fourth-order valence-corrected chi connectivity index (χ4v) is 3.50. The topological polar surface area (TPSA) is 88.0 Å². The zero-order valence-corrected chi connectivity index (χ0v) is 19.4. The number of ether oxygens (including phenoxy) is 2. The molecule has 0 amide bonds. The van der Waals surface area contributed by atoms with Crippen molar-refractivity contribution in [2.75, 3.05) is 6.61 Å². The van der Waals surface area contributed by atoms with Crippen molar-refractivity contribution in [3.05, 3.63) is 88.2 Å². The number of hydrogen-bond donors (Lipinski definition) is 0. The Morgan fingerprint density at radius 1 is 0.970 bits per heavy atom. The van der Waals surface area contributed by atoms with Gasteiger partial charge in [-0.25, -0.2) is 4.79 Å². The SMILES string of the molecule is CCOC(=O)c1cn(Cc2cc(C#N)ccc2OC(C)(C)C)cc1Cc1ccc(C#N)cc1. The van der Waals surface area contributed by atoms with Gasteiger partial charge in [0.1, 0.15) is 11.4 Å². The number of carbonyl (C=O) groups excluding carboxylic acids is 1. The number of benzene rings is 2. The van der Waals surface area contributed by atoms with Crippen LogP contribution in [0.15, 0.2) is 54.9 Å². The molecule has 6 nitrogen and oxygen atoms in total. The Morgan fingerprint density at radius 2 is 1.64 bits per heavy atom. The molecule has 0 aliphatic carbocycles. The molecule has 0 bridgehead atoms. The number of nitriles is 2. The van der Waals surface area contributed by atoms with Gasteiger partial charge in [0, 0.05) is 18.0 Å². The van der Waals surface area contributed by atoms with E-state index in [0.29, 0.717) is 35.4 Å². The van der Waals surface area contributed by atoms with Crippen LogP contribution >= 0.6 is 0 Å². The van der Waals surface area contributed by atoms with Crippen LogP contribution in [0.4, 0.5) is 0 Å². The van der Waals surface area contributed by atoms with Crippen LogP contribution in [0.1, 0.15) is 65.9 Å². The first kappa shape index (κ1) is 23.6. The van der Waals surface area contributed by atoms with Gasteiger partial charge in [0.2, 0.25) is 0 Å². The molecule has 2 aromatic carbocycles. The Kier molecular flexibility index (Phi) is 7.20. The molecule has 0 unspecified atom stereocenters. The van der Waals surface area contributed by atoms with Crippen LogP contribution in [-0.4, -0.2) is 22.7 Å². The third-order valence-corrected chi connectivity index (χ3v) is 4.89. The van der Waals surface area contributed by atoms with Crippen molar-refractivity contribution in [3.8, 4) is 17.9 Å². The van der Waals surface area contributed by atoms with E-state index in [0.717, 1.165) is 16.7 Å². The summed E-state index contributed by atoms with van der Waals surface area (Å²) in [5.41, 5.74) is 3.90. The number of esters is 1. The predicted octanol–water partition coefficient (Wildman–Crippen LogP) is 5.22. The second kappa shape index (κ2) is 10.1. The van der Waals surface area contributed by atoms with Gasteiger partial charge in [0.15, 0.2) is 0 Å². The van der Waals surface area contributed by atoms with E-state index < -0.39 is 5.60 Å². The molecule has 1 heterocycles. The zero-order valence-electron chi connectivity index (χ0n) is 19.4. The highest BCUT2D eigenvalue weighted by Gasteiger charge is 2.19. The van der Waals surface area contributed by atoms with E-state index in [-0.39, 0.29) is 12.6 Å². The van der Waals surface area contributed by atoms with Crippen LogP contribution in [-0.2, 0) is 17.7 Å². The number of hydrogen-bond acceptors (Lipinski definition) is 5. The molecule has 6 heteroatoms. The molecule has 0 saturated heterocycles. The summed E-state index contributed by atoms with van der Waals surface area (Å²) in [6, 6.07) is 16.9. The normalized spacial score (nSPS) is 10.8. The fraction of sp³-hybridized carbons (Fsp3) is 0.296. The fourth-order valence-electron chi connectivity index (χ4n) is 3.50. The number of rotatable bonds is 7. The number of aromatic nitrogens is 1. The van der Waals surface area contributed by atoms with Crippen molar-refractivity contribution in [2.45, 2.75) is 46.3 Å². The Balaban J connectivity index is 1.97. The zero-order chi connectivity index (χ0) is 24.0. The molecule has 0 N–H and O–H groups in total. The quantitative estimate of drug-likeness (QED) is 0.469. The smallest absolute Gasteiger partial charge is 0.339 e. The lowest BCUT2D eigenvalue weighted by molar-refractivity contribution is 0.0525. The van der Waals surface area contributed by atoms with Crippen molar-refractivity contribution >= 4 is 5.97 Å². The lowest BCUT2D eigenvalue weighted by Crippen LogP contribution is -2.23. The lowest BCUT2D eigenvalue weighted by Gasteiger charge is -2.23. The largest absolute Gasteiger partial charge is 0.488 e. The summed E-state index contributed by atoms with van der Waals surface area (Å²) in [7, 11) is 0. The van der Waals surface area contributed by atoms with Gasteiger partial charge in [-0.05, 0) is 75.6 Å². The first-order chi connectivity index (χ1) is 15.7. The Labute approximate surface area is 194 Å². The maximum absolute atomic E-state index is 12.6. The molecule has 33 heavy (non-hydrogen) atoms. The summed E-state index contributed by atoms with van der Waals surface area (Å²) in [5, 5.41) is 18.4. The van der Waals surface area contributed by atoms with Gasteiger partial charge in [0.05, 0.1) is 42.0 Å². The Bertz CT molecular complexity index is 1220. The second-order valence-electron chi connectivity index (χ2n) is 8.72. The van der Waals surface area contributed by atoms with E-state index in [9.17, 15) is 10.1 Å². The maximum Gasteiger partial charge on any atom is 0.339 e. The van der Waals surface area contributed by atoms with Gasteiger partial charge in [-0.15, -0.1) is 0 Å². The van der Waals surface area contributed by atoms with Crippen LogP contribution in [0.3, 0.4) is 0 Å². The van der Waals surface area contributed by atoms with E-state index in [1.807, 2.05) is 55.8 Å². The summed E-state index contributed by atoms with van der Waals surface area (Å²) in [4.78, 5) is 12.6. The third-order valence-electron chi connectivity index (χ3n) is 4.89. The van der Waals surface area contributed by atoms with E-state index in [2.05, 4.69) is 12.1 Å². The lowest BCUT2D eigenvalue weighted by atomic mass is 10.0. The highest BCUT2D eigenvalue weighted by Crippen LogP contribution is 2.27. The first-order valence-electron chi connectivity index (χ1n) is 10.8. The number of carbonyl (C=O) groups is 1. The molecule has 0 saturated carbocycles. The van der Waals surface area contributed by atoms with Crippen molar-refractivity contribution in [3.63, 3.8) is 0 Å². The second-order valence-corrected chi connectivity index (χ2v) is 8.72. The minimum absolute atomic E-state index is 0.286. The molecule has 168 valence electrons. The van der Waals surface area contributed by atoms with Gasteiger partial charge in [-0.1, -0.05) is 12.1 Å². The van der Waals surface area contributed by atoms with Crippen LogP contribution in [0.5, 0.6) is 5.75 Å². The van der Waals surface area contributed by atoms with Crippen LogP contribution in [0.25, 0.3) is 0 Å². The predicted molar refractivity (Wildman–Crippen MR) is 125 cm³/mol. The molecule has 0 atom stereocenters. The number of nitrogens with zero attached hydrogens (tertiary/aromatic N) is 3. The summed E-state index contributed by atoms with van der Waals surface area (Å²) in [5.74, 6) is 0.318. The molecular formula is C27H27N3O3. The maximum atomic E-state index is 12.6. The van der Waals surface area contributed by atoms with Crippen LogP contribution < -0.4 is 4.74 Å². The van der Waals surface area contributed by atoms with Gasteiger partial charge in [-0.3, -0.25) is 0 Å². The average Bonchev–Trinajstić information content (AvgIpc) is 3.17. The van der Waals surface area contributed by atoms with Crippen molar-refractivity contribution in [1.29, 1.82) is 10.5 Å². The van der Waals surface area contributed by atoms with Gasteiger partial charge < -0.3 is 14.0 Å². The third kappa shape index (κ3) is 6.24. The monoisotopic (exact) mass is 441 g/mol. The summed E-state index contributed by atoms with van der Waals surface area (Å²) in [6.07, 6.45) is 4.22. The van der Waals surface area contributed by atoms with Gasteiger partial charge >= 0.3 is 5.97 Å². The minimum atomic E-state index is -0.392. The molecule has 0 aliphatic rings. The highest BCUT2D eigenvalue weighted by molar-refractivity contribution is 5.91. The highest BCUT2D eigenvalue weighted by atomic mass is 16.5. The van der Waals surface area contributed by atoms with E-state index in [1.54, 1.807) is 31.3 Å². The average molecular weight is 442 g/mol. The standard InChI is InChI=1S/C27H27N3O3/c1-5-32-26(31)24-18-30(16-22(24)12-19-6-8-20(14-28)9-7-19)17-23-13-21(15-29)10-11-25(23)33-27(2,3)4/h6-11,13,16,18H,5,12,17H2,1-4H3. The van der Waals surface area contributed by atoms with Crippen molar-refractivity contribution in [2.24, 2.45) is 0 Å². The summed E-state index contributed by atoms with van der Waals surface area (Å²) in [6.45, 7) is 8.41. The van der Waals surface area contributed by atoms with Gasteiger partial charge in [0.25, 0.3) is 0 Å². The molecule has 3 aromatic rings. The molecule has 0 spiro atoms. The van der Waals surface area contributed by atoms with Crippen LogP contribution in [0.2, 0.25) is 0 Å². The van der Waals surface area contributed by atoms with Crippen molar-refractivity contribution < 1.29 is 14.3 Å². The van der Waals surface area contributed by atoms with Gasteiger partial charge in [-0.2, -0.15) is 10.5 Å². The van der Waals surface area contributed by atoms with Crippen molar-refractivity contribution in [1.82, 2.24) is 4.57 Å². The van der Waals surface area contributed by atoms with E-state index >= 15 is 0 Å². The molecular weight excluding hydrogens is 414 g/mol. The minimum Gasteiger partial charge on any atom is -0.488 e. The summed E-state index contributed by atoms with van der Waals surface area (Å²) < 4.78 is 13.3. The molecule has 0 radical (unpaired) electrons. The summed E-state index contributed by atoms with van der Waals surface area (Å²) >= 11 is 0. The molecule has 1 aromatic heterocycles. The van der Waals surface area contributed by atoms with E-state index in [4.69, 9.17) is 14.7 Å². The Morgan fingerprint density at radius 3 is 2.24 bits per heavy atom. The molecule has 3 rings (SSSR count). The van der Waals surface area contributed by atoms with E-state index in [1.165, 1.54) is 0 Å². The Hall–Kier alpha value is -4.03.